The van der Waals surface area contributed by atoms with Crippen LogP contribution in [0.15, 0.2) is 18.2 Å². The van der Waals surface area contributed by atoms with Crippen molar-refractivity contribution in [2.45, 2.75) is 57.9 Å². The van der Waals surface area contributed by atoms with E-state index >= 15 is 0 Å². The summed E-state index contributed by atoms with van der Waals surface area (Å²) in [5, 5.41) is 11.6. The van der Waals surface area contributed by atoms with Gasteiger partial charge in [-0.25, -0.2) is 0 Å². The summed E-state index contributed by atoms with van der Waals surface area (Å²) in [6, 6.07) is 5.21. The van der Waals surface area contributed by atoms with Crippen LogP contribution < -0.4 is 4.90 Å². The fourth-order valence-electron chi connectivity index (χ4n) is 3.95. The molecule has 6 nitrogen and oxygen atoms in total. The summed E-state index contributed by atoms with van der Waals surface area (Å²) in [7, 11) is 0. The Hall–Kier alpha value is -2.11. The van der Waals surface area contributed by atoms with Gasteiger partial charge in [0.2, 0.25) is 0 Å². The van der Waals surface area contributed by atoms with Crippen LogP contribution in [-0.2, 0) is 0 Å². The molecule has 1 aromatic carbocycles. The van der Waals surface area contributed by atoms with Crippen LogP contribution >= 0.6 is 0 Å². The summed E-state index contributed by atoms with van der Waals surface area (Å²) in [6.45, 7) is 4.48. The van der Waals surface area contributed by atoms with Gasteiger partial charge in [0.05, 0.1) is 4.92 Å². The van der Waals surface area contributed by atoms with Gasteiger partial charge in [0.15, 0.2) is 0 Å². The molecule has 1 amide bonds. The van der Waals surface area contributed by atoms with Gasteiger partial charge in [-0.15, -0.1) is 0 Å². The molecule has 0 saturated carbocycles. The lowest BCUT2D eigenvalue weighted by Gasteiger charge is -2.33. The number of nitro groups is 1. The Balaban J connectivity index is 1.88. The van der Waals surface area contributed by atoms with Crippen molar-refractivity contribution in [1.82, 2.24) is 4.90 Å². The molecule has 0 bridgehead atoms. The molecule has 0 aromatic heterocycles. The quantitative estimate of drug-likeness (QED) is 0.614. The minimum Gasteiger partial charge on any atom is -0.366 e. The number of amides is 1. The van der Waals surface area contributed by atoms with Crippen molar-refractivity contribution in [3.63, 3.8) is 0 Å². The van der Waals surface area contributed by atoms with Crippen molar-refractivity contribution in [1.29, 1.82) is 0 Å². The van der Waals surface area contributed by atoms with Crippen molar-refractivity contribution in [2.75, 3.05) is 24.5 Å². The van der Waals surface area contributed by atoms with Gasteiger partial charge in [-0.05, 0) is 51.2 Å². The number of likely N-dealkylation sites (tertiary alicyclic amines) is 1. The largest absolute Gasteiger partial charge is 0.366 e. The lowest BCUT2D eigenvalue weighted by Crippen LogP contribution is -2.42. The van der Waals surface area contributed by atoms with Gasteiger partial charge in [-0.2, -0.15) is 0 Å². The highest BCUT2D eigenvalue weighted by Crippen LogP contribution is 2.32. The van der Waals surface area contributed by atoms with E-state index in [0.717, 1.165) is 51.7 Å². The summed E-state index contributed by atoms with van der Waals surface area (Å²) in [6.07, 6.45) is 7.61. The molecule has 1 aromatic rings. The molecule has 1 atom stereocenters. The van der Waals surface area contributed by atoms with E-state index in [1.165, 1.54) is 18.9 Å². The second kappa shape index (κ2) is 7.85. The standard InChI is InChI=1S/C19H27N3O3/c1-15-8-4-7-13-21(15)19(23)16-9-10-17(18(14-16)22(24)25)20-11-5-2-3-6-12-20/h9-10,14-15H,2-8,11-13H2,1H3. The predicted molar refractivity (Wildman–Crippen MR) is 98.1 cm³/mol. The maximum atomic E-state index is 12.8. The summed E-state index contributed by atoms with van der Waals surface area (Å²) in [5.41, 5.74) is 1.13. The van der Waals surface area contributed by atoms with Gasteiger partial charge in [0, 0.05) is 37.3 Å². The van der Waals surface area contributed by atoms with E-state index in [4.69, 9.17) is 0 Å². The van der Waals surface area contributed by atoms with Crippen molar-refractivity contribution in [3.8, 4) is 0 Å². The van der Waals surface area contributed by atoms with Crippen molar-refractivity contribution < 1.29 is 9.72 Å². The number of carbonyl (C=O) groups excluding carboxylic acids is 1. The zero-order valence-electron chi connectivity index (χ0n) is 14.9. The number of carbonyl (C=O) groups is 1. The van der Waals surface area contributed by atoms with E-state index in [-0.39, 0.29) is 22.6 Å². The number of hydrogen-bond donors (Lipinski definition) is 0. The van der Waals surface area contributed by atoms with Crippen molar-refractivity contribution in [2.24, 2.45) is 0 Å². The molecule has 25 heavy (non-hydrogen) atoms. The number of nitro benzene ring substituents is 1. The monoisotopic (exact) mass is 345 g/mol. The van der Waals surface area contributed by atoms with Gasteiger partial charge >= 0.3 is 0 Å². The topological polar surface area (TPSA) is 66.7 Å². The lowest BCUT2D eigenvalue weighted by atomic mass is 10.0. The molecule has 2 aliphatic rings. The Morgan fingerprint density at radius 1 is 1.08 bits per heavy atom. The third-order valence-corrected chi connectivity index (χ3v) is 5.43. The minimum atomic E-state index is -0.351. The first-order valence-electron chi connectivity index (χ1n) is 9.42. The van der Waals surface area contributed by atoms with E-state index in [1.54, 1.807) is 12.1 Å². The highest BCUT2D eigenvalue weighted by atomic mass is 16.6. The van der Waals surface area contributed by atoms with Crippen LogP contribution in [0.25, 0.3) is 0 Å². The van der Waals surface area contributed by atoms with E-state index in [9.17, 15) is 14.9 Å². The Morgan fingerprint density at radius 2 is 1.76 bits per heavy atom. The molecule has 0 aliphatic carbocycles. The van der Waals surface area contributed by atoms with Crippen LogP contribution in [-0.4, -0.2) is 41.4 Å². The lowest BCUT2D eigenvalue weighted by molar-refractivity contribution is -0.384. The third-order valence-electron chi connectivity index (χ3n) is 5.43. The maximum absolute atomic E-state index is 12.8. The average molecular weight is 345 g/mol. The molecule has 6 heteroatoms. The van der Waals surface area contributed by atoms with Crippen LogP contribution in [0.5, 0.6) is 0 Å². The van der Waals surface area contributed by atoms with Gasteiger partial charge in [0.1, 0.15) is 5.69 Å². The van der Waals surface area contributed by atoms with Crippen molar-refractivity contribution >= 4 is 17.3 Å². The number of benzene rings is 1. The van der Waals surface area contributed by atoms with Crippen LogP contribution in [0.2, 0.25) is 0 Å². The second-order valence-electron chi connectivity index (χ2n) is 7.21. The van der Waals surface area contributed by atoms with E-state index in [1.807, 2.05) is 4.90 Å². The zero-order chi connectivity index (χ0) is 17.8. The summed E-state index contributed by atoms with van der Waals surface area (Å²) in [4.78, 5) is 28.0. The van der Waals surface area contributed by atoms with Crippen LogP contribution in [0.3, 0.4) is 0 Å². The Bertz CT molecular complexity index is 639. The molecule has 0 radical (unpaired) electrons. The van der Waals surface area contributed by atoms with E-state index in [0.29, 0.717) is 11.3 Å². The molecular weight excluding hydrogens is 318 g/mol. The second-order valence-corrected chi connectivity index (χ2v) is 7.21. The SMILES string of the molecule is CC1CCCCN1C(=O)c1ccc(N2CCCCCC2)c([N+](=O)[O-])c1. The number of rotatable bonds is 3. The molecule has 136 valence electrons. The summed E-state index contributed by atoms with van der Waals surface area (Å²) in [5.74, 6) is -0.0854. The Labute approximate surface area is 148 Å². The summed E-state index contributed by atoms with van der Waals surface area (Å²) < 4.78 is 0. The molecule has 2 saturated heterocycles. The average Bonchev–Trinajstić information content (AvgIpc) is 2.90. The molecule has 2 aliphatic heterocycles. The Morgan fingerprint density at radius 3 is 2.40 bits per heavy atom. The molecule has 2 heterocycles. The fraction of sp³-hybridized carbons (Fsp3) is 0.632. The number of piperidine rings is 1. The predicted octanol–water partition coefficient (Wildman–Crippen LogP) is 3.99. The molecule has 0 spiro atoms. The number of hydrogen-bond acceptors (Lipinski definition) is 4. The summed E-state index contributed by atoms with van der Waals surface area (Å²) >= 11 is 0. The van der Waals surface area contributed by atoms with Crippen LogP contribution in [0, 0.1) is 10.1 Å². The maximum Gasteiger partial charge on any atom is 0.293 e. The number of anilines is 1. The first-order chi connectivity index (χ1) is 12.1. The van der Waals surface area contributed by atoms with Crippen molar-refractivity contribution in [3.05, 3.63) is 33.9 Å². The molecule has 2 fully saturated rings. The fourth-order valence-corrected chi connectivity index (χ4v) is 3.95. The van der Waals surface area contributed by atoms with E-state index < -0.39 is 0 Å². The normalized spacial score (nSPS) is 21.7. The van der Waals surface area contributed by atoms with Gasteiger partial charge < -0.3 is 9.80 Å². The molecular formula is C19H27N3O3. The number of nitrogens with zero attached hydrogens (tertiary/aromatic N) is 3. The Kier molecular flexibility index (Phi) is 5.56. The van der Waals surface area contributed by atoms with Crippen LogP contribution in [0.4, 0.5) is 11.4 Å². The minimum absolute atomic E-state index is 0.0532. The van der Waals surface area contributed by atoms with E-state index in [2.05, 4.69) is 11.8 Å². The smallest absolute Gasteiger partial charge is 0.293 e. The van der Waals surface area contributed by atoms with Gasteiger partial charge in [-0.1, -0.05) is 12.8 Å². The first kappa shape index (κ1) is 17.7. The molecule has 1 unspecified atom stereocenters. The highest BCUT2D eigenvalue weighted by Gasteiger charge is 2.27. The van der Waals surface area contributed by atoms with Gasteiger partial charge in [-0.3, -0.25) is 14.9 Å². The molecule has 0 N–H and O–H groups in total. The van der Waals surface area contributed by atoms with Gasteiger partial charge in [0.25, 0.3) is 11.6 Å². The third kappa shape index (κ3) is 3.94. The first-order valence-corrected chi connectivity index (χ1v) is 9.42. The zero-order valence-corrected chi connectivity index (χ0v) is 14.9. The van der Waals surface area contributed by atoms with Crippen LogP contribution in [0.1, 0.15) is 62.2 Å². The highest BCUT2D eigenvalue weighted by molar-refractivity contribution is 5.96. The molecule has 3 rings (SSSR count).